The summed E-state index contributed by atoms with van der Waals surface area (Å²) in [6.07, 6.45) is 5.29. The molecule has 108 valence electrons. The average Bonchev–Trinajstić information content (AvgIpc) is 2.54. The van der Waals surface area contributed by atoms with Crippen molar-refractivity contribution in [1.29, 1.82) is 5.26 Å². The van der Waals surface area contributed by atoms with Crippen LogP contribution in [-0.2, 0) is 6.42 Å². The molecule has 0 aromatic heterocycles. The van der Waals surface area contributed by atoms with Crippen LogP contribution in [0.4, 0.5) is 0 Å². The zero-order chi connectivity index (χ0) is 14.6. The number of nitrogens with zero attached hydrogens (tertiary/aromatic N) is 1. The van der Waals surface area contributed by atoms with Gasteiger partial charge in [0.25, 0.3) is 0 Å². The maximum atomic E-state index is 10.7. The Morgan fingerprint density at radius 3 is 2.30 bits per heavy atom. The Balaban J connectivity index is 2.16. The molecule has 1 aliphatic carbocycles. The van der Waals surface area contributed by atoms with Crippen LogP contribution in [0.5, 0.6) is 0 Å². The summed E-state index contributed by atoms with van der Waals surface area (Å²) in [6.45, 7) is 4.33. The Labute approximate surface area is 122 Å². The highest BCUT2D eigenvalue weighted by Gasteiger charge is 2.42. The minimum Gasteiger partial charge on any atom is -0.387 e. The first-order valence-electron chi connectivity index (χ1n) is 7.83. The number of aliphatic hydroxyl groups is 1. The molecule has 1 N–H and O–H groups in total. The number of hydrogen-bond donors (Lipinski definition) is 1. The van der Waals surface area contributed by atoms with Crippen molar-refractivity contribution in [3.05, 3.63) is 35.4 Å². The number of benzene rings is 1. The first-order valence-corrected chi connectivity index (χ1v) is 7.83. The summed E-state index contributed by atoms with van der Waals surface area (Å²) in [5.74, 6) is 0.728. The van der Waals surface area contributed by atoms with E-state index in [4.69, 9.17) is 0 Å². The Morgan fingerprint density at radius 1 is 1.25 bits per heavy atom. The summed E-state index contributed by atoms with van der Waals surface area (Å²) < 4.78 is 0. The van der Waals surface area contributed by atoms with Gasteiger partial charge in [0.15, 0.2) is 0 Å². The molecule has 1 atom stereocenters. The third-order valence-corrected chi connectivity index (χ3v) is 5.02. The van der Waals surface area contributed by atoms with Gasteiger partial charge in [-0.2, -0.15) is 5.26 Å². The first-order chi connectivity index (χ1) is 9.65. The van der Waals surface area contributed by atoms with E-state index < -0.39 is 11.5 Å². The molecule has 0 amide bonds. The van der Waals surface area contributed by atoms with Gasteiger partial charge in [-0.05, 0) is 49.1 Å². The molecule has 0 aliphatic heterocycles. The monoisotopic (exact) mass is 271 g/mol. The second kappa shape index (κ2) is 6.41. The van der Waals surface area contributed by atoms with Crippen molar-refractivity contribution >= 4 is 0 Å². The highest BCUT2D eigenvalue weighted by molar-refractivity contribution is 5.27. The molecule has 0 heterocycles. The fourth-order valence-electron chi connectivity index (χ4n) is 3.30. The van der Waals surface area contributed by atoms with Crippen LogP contribution < -0.4 is 0 Å². The predicted octanol–water partition coefficient (Wildman–Crippen LogP) is 4.39. The van der Waals surface area contributed by atoms with Crippen molar-refractivity contribution in [1.82, 2.24) is 0 Å². The molecule has 2 heteroatoms. The summed E-state index contributed by atoms with van der Waals surface area (Å²) in [5, 5.41) is 20.3. The lowest BCUT2D eigenvalue weighted by Crippen LogP contribution is -2.32. The Kier molecular flexibility index (Phi) is 4.83. The molecule has 20 heavy (non-hydrogen) atoms. The van der Waals surface area contributed by atoms with Crippen LogP contribution in [-0.4, -0.2) is 5.11 Å². The molecule has 0 spiro atoms. The maximum absolute atomic E-state index is 10.7. The van der Waals surface area contributed by atoms with E-state index in [0.717, 1.165) is 43.6 Å². The normalized spacial score (nSPS) is 27.8. The van der Waals surface area contributed by atoms with Gasteiger partial charge in [0.2, 0.25) is 0 Å². The lowest BCUT2D eigenvalue weighted by atomic mass is 9.66. The van der Waals surface area contributed by atoms with Crippen LogP contribution in [0.1, 0.15) is 63.2 Å². The van der Waals surface area contributed by atoms with E-state index in [9.17, 15) is 10.4 Å². The van der Waals surface area contributed by atoms with Crippen LogP contribution >= 0.6 is 0 Å². The minimum absolute atomic E-state index is 0.584. The van der Waals surface area contributed by atoms with E-state index in [1.54, 1.807) is 0 Å². The van der Waals surface area contributed by atoms with Crippen molar-refractivity contribution in [3.8, 4) is 6.07 Å². The van der Waals surface area contributed by atoms with Crippen molar-refractivity contribution in [2.75, 3.05) is 0 Å². The van der Waals surface area contributed by atoms with Gasteiger partial charge < -0.3 is 5.11 Å². The van der Waals surface area contributed by atoms with Gasteiger partial charge in [-0.1, -0.05) is 44.5 Å². The third kappa shape index (κ3) is 2.88. The summed E-state index contributed by atoms with van der Waals surface area (Å²) in [5.41, 5.74) is 1.57. The van der Waals surface area contributed by atoms with Gasteiger partial charge in [0.1, 0.15) is 0 Å². The standard InChI is InChI=1S/C18H25NO/c1-3-14-5-7-16(8-6-14)17(20)18(13-19)11-9-15(4-2)10-12-18/h5-8,15,17,20H,3-4,9-12H2,1-2H3. The number of aliphatic hydroxyl groups excluding tert-OH is 1. The molecule has 1 unspecified atom stereocenters. The molecule has 2 nitrogen and oxygen atoms in total. The van der Waals surface area contributed by atoms with Crippen LogP contribution in [0, 0.1) is 22.7 Å². The van der Waals surface area contributed by atoms with Crippen molar-refractivity contribution in [2.45, 2.75) is 58.5 Å². The number of aryl methyl sites for hydroxylation is 1. The van der Waals surface area contributed by atoms with E-state index in [0.29, 0.717) is 0 Å². The van der Waals surface area contributed by atoms with Crippen LogP contribution in [0.15, 0.2) is 24.3 Å². The van der Waals surface area contributed by atoms with E-state index in [1.807, 2.05) is 12.1 Å². The Hall–Kier alpha value is -1.33. The highest BCUT2D eigenvalue weighted by Crippen LogP contribution is 2.47. The molecule has 0 saturated heterocycles. The van der Waals surface area contributed by atoms with E-state index in [-0.39, 0.29) is 0 Å². The summed E-state index contributed by atoms with van der Waals surface area (Å²) in [4.78, 5) is 0. The molecule has 1 aromatic rings. The summed E-state index contributed by atoms with van der Waals surface area (Å²) >= 11 is 0. The van der Waals surface area contributed by atoms with Gasteiger partial charge >= 0.3 is 0 Å². The third-order valence-electron chi connectivity index (χ3n) is 5.02. The van der Waals surface area contributed by atoms with Gasteiger partial charge in [-0.25, -0.2) is 0 Å². The van der Waals surface area contributed by atoms with Crippen molar-refractivity contribution < 1.29 is 5.11 Å². The zero-order valence-electron chi connectivity index (χ0n) is 12.6. The number of hydrogen-bond acceptors (Lipinski definition) is 2. The molecule has 2 rings (SSSR count). The molecule has 0 bridgehead atoms. The first kappa shape index (κ1) is 15.1. The fraction of sp³-hybridized carbons (Fsp3) is 0.611. The average molecular weight is 271 g/mol. The molecule has 1 aromatic carbocycles. The van der Waals surface area contributed by atoms with Gasteiger partial charge in [0, 0.05) is 0 Å². The van der Waals surface area contributed by atoms with Crippen molar-refractivity contribution in [3.63, 3.8) is 0 Å². The Morgan fingerprint density at radius 2 is 1.85 bits per heavy atom. The number of nitriles is 1. The van der Waals surface area contributed by atoms with Crippen LogP contribution in [0.3, 0.4) is 0 Å². The molecule has 1 fully saturated rings. The summed E-state index contributed by atoms with van der Waals surface area (Å²) in [6, 6.07) is 10.5. The van der Waals surface area contributed by atoms with E-state index in [2.05, 4.69) is 32.0 Å². The molecular weight excluding hydrogens is 246 g/mol. The van der Waals surface area contributed by atoms with E-state index in [1.165, 1.54) is 12.0 Å². The van der Waals surface area contributed by atoms with Gasteiger partial charge in [-0.15, -0.1) is 0 Å². The predicted molar refractivity (Wildman–Crippen MR) is 81.1 cm³/mol. The largest absolute Gasteiger partial charge is 0.387 e. The number of rotatable bonds is 4. The zero-order valence-corrected chi connectivity index (χ0v) is 12.6. The second-order valence-corrected chi connectivity index (χ2v) is 6.12. The smallest absolute Gasteiger partial charge is 0.0976 e. The molecule has 0 radical (unpaired) electrons. The van der Waals surface area contributed by atoms with Gasteiger partial charge in [0.05, 0.1) is 17.6 Å². The minimum atomic E-state index is -0.656. The molecule has 1 saturated carbocycles. The maximum Gasteiger partial charge on any atom is 0.0976 e. The van der Waals surface area contributed by atoms with Gasteiger partial charge in [-0.3, -0.25) is 0 Å². The summed E-state index contributed by atoms with van der Waals surface area (Å²) in [7, 11) is 0. The topological polar surface area (TPSA) is 44.0 Å². The van der Waals surface area contributed by atoms with Crippen LogP contribution in [0.2, 0.25) is 0 Å². The van der Waals surface area contributed by atoms with Crippen LogP contribution in [0.25, 0.3) is 0 Å². The van der Waals surface area contributed by atoms with E-state index >= 15 is 0 Å². The van der Waals surface area contributed by atoms with Crippen molar-refractivity contribution in [2.24, 2.45) is 11.3 Å². The highest BCUT2D eigenvalue weighted by atomic mass is 16.3. The second-order valence-electron chi connectivity index (χ2n) is 6.12. The molecule has 1 aliphatic rings. The lowest BCUT2D eigenvalue weighted by molar-refractivity contribution is 0.0242. The SMILES string of the molecule is CCc1ccc(C(O)C2(C#N)CCC(CC)CC2)cc1. The quantitative estimate of drug-likeness (QED) is 0.882. The Bertz CT molecular complexity index is 463. The molecular formula is C18H25NO. The fourth-order valence-corrected chi connectivity index (χ4v) is 3.30. The lowest BCUT2D eigenvalue weighted by Gasteiger charge is -2.38.